The molecule has 1 aliphatic rings. The molecule has 90 valence electrons. The minimum atomic E-state index is -0.196. The van der Waals surface area contributed by atoms with Crippen molar-refractivity contribution in [3.63, 3.8) is 0 Å². The summed E-state index contributed by atoms with van der Waals surface area (Å²) >= 11 is 0. The summed E-state index contributed by atoms with van der Waals surface area (Å²) in [6.07, 6.45) is 1.86. The molecule has 1 N–H and O–H groups in total. The first-order valence-corrected chi connectivity index (χ1v) is 5.64. The molecule has 0 saturated carbocycles. The lowest BCUT2D eigenvalue weighted by atomic mass is 10.1. The van der Waals surface area contributed by atoms with Crippen LogP contribution in [0.15, 0.2) is 0 Å². The van der Waals surface area contributed by atoms with Crippen LogP contribution in [0.2, 0.25) is 0 Å². The summed E-state index contributed by atoms with van der Waals surface area (Å²) in [6.45, 7) is 6.21. The van der Waals surface area contributed by atoms with Crippen LogP contribution in [-0.4, -0.2) is 38.0 Å². The number of aliphatic hydroxyl groups is 1. The second-order valence-electron chi connectivity index (χ2n) is 4.38. The maximum absolute atomic E-state index is 8.49. The van der Waals surface area contributed by atoms with Crippen LogP contribution in [0.5, 0.6) is 0 Å². The summed E-state index contributed by atoms with van der Waals surface area (Å²) in [4.78, 5) is 0. The zero-order valence-corrected chi connectivity index (χ0v) is 9.65. The molecule has 0 aliphatic carbocycles. The molecule has 0 radical (unpaired) electrons. The minimum absolute atomic E-state index is 0.0437. The summed E-state index contributed by atoms with van der Waals surface area (Å²) in [5.74, 6) is 0.945. The van der Waals surface area contributed by atoms with Crippen molar-refractivity contribution >= 4 is 0 Å². The molecule has 1 saturated heterocycles. The van der Waals surface area contributed by atoms with Crippen molar-refractivity contribution in [1.82, 2.24) is 0 Å². The van der Waals surface area contributed by atoms with E-state index < -0.39 is 0 Å². The molecule has 15 heavy (non-hydrogen) atoms. The maximum atomic E-state index is 8.49. The number of rotatable bonds is 6. The Bertz CT molecular complexity index is 155. The molecular formula is C11H22O4. The molecule has 1 fully saturated rings. The minimum Gasteiger partial charge on any atom is -0.371 e. The van der Waals surface area contributed by atoms with Gasteiger partial charge >= 0.3 is 0 Å². The molecule has 1 unspecified atom stereocenters. The molecule has 0 amide bonds. The smallest absolute Gasteiger partial charge is 0.157 e. The van der Waals surface area contributed by atoms with Crippen molar-refractivity contribution in [3.8, 4) is 0 Å². The Morgan fingerprint density at radius 3 is 2.67 bits per heavy atom. The van der Waals surface area contributed by atoms with E-state index in [2.05, 4.69) is 13.8 Å². The zero-order chi connectivity index (χ0) is 11.1. The second kappa shape index (κ2) is 7.17. The van der Waals surface area contributed by atoms with Crippen molar-refractivity contribution in [2.75, 3.05) is 26.6 Å². The molecule has 0 aromatic rings. The van der Waals surface area contributed by atoms with E-state index in [4.69, 9.17) is 19.3 Å². The van der Waals surface area contributed by atoms with Gasteiger partial charge in [0.1, 0.15) is 6.79 Å². The average molecular weight is 218 g/mol. The Balaban J connectivity index is 2.04. The van der Waals surface area contributed by atoms with Crippen LogP contribution in [0.4, 0.5) is 0 Å². The van der Waals surface area contributed by atoms with Gasteiger partial charge in [0.2, 0.25) is 0 Å². The quantitative estimate of drug-likeness (QED) is 0.684. The van der Waals surface area contributed by atoms with Gasteiger partial charge < -0.3 is 19.3 Å². The van der Waals surface area contributed by atoms with E-state index in [1.165, 1.54) is 0 Å². The van der Waals surface area contributed by atoms with Crippen LogP contribution in [0.3, 0.4) is 0 Å². The fourth-order valence-corrected chi connectivity index (χ4v) is 1.56. The van der Waals surface area contributed by atoms with Crippen molar-refractivity contribution in [1.29, 1.82) is 0 Å². The molecule has 0 aromatic carbocycles. The molecule has 4 heteroatoms. The first-order chi connectivity index (χ1) is 7.22. The van der Waals surface area contributed by atoms with E-state index in [1.54, 1.807) is 0 Å². The van der Waals surface area contributed by atoms with E-state index in [1.807, 2.05) is 0 Å². The van der Waals surface area contributed by atoms with Crippen molar-refractivity contribution in [3.05, 3.63) is 0 Å². The average Bonchev–Trinajstić information content (AvgIpc) is 2.25. The van der Waals surface area contributed by atoms with Gasteiger partial charge in [-0.15, -0.1) is 0 Å². The van der Waals surface area contributed by atoms with E-state index >= 15 is 0 Å². The monoisotopic (exact) mass is 218 g/mol. The van der Waals surface area contributed by atoms with Gasteiger partial charge in [0, 0.05) is 5.92 Å². The van der Waals surface area contributed by atoms with Gasteiger partial charge in [-0.05, 0) is 18.8 Å². The topological polar surface area (TPSA) is 47.9 Å². The standard InChI is InChI=1S/C11H22O4/c1-9(5-13-8-12)3-4-11-14-6-10(2)7-15-11/h9-12H,3-8H2,1-2H3. The van der Waals surface area contributed by atoms with Crippen molar-refractivity contribution < 1.29 is 19.3 Å². The Kier molecular flexibility index (Phi) is 6.17. The normalized spacial score (nSPS) is 29.0. The largest absolute Gasteiger partial charge is 0.371 e. The molecule has 1 heterocycles. The Hall–Kier alpha value is -0.160. The van der Waals surface area contributed by atoms with Crippen LogP contribution in [0, 0.1) is 11.8 Å². The van der Waals surface area contributed by atoms with E-state index in [0.29, 0.717) is 18.4 Å². The third-order valence-corrected chi connectivity index (χ3v) is 2.52. The van der Waals surface area contributed by atoms with Crippen LogP contribution >= 0.6 is 0 Å². The van der Waals surface area contributed by atoms with E-state index in [9.17, 15) is 0 Å². The third-order valence-electron chi connectivity index (χ3n) is 2.52. The predicted molar refractivity (Wildman–Crippen MR) is 56.3 cm³/mol. The van der Waals surface area contributed by atoms with Gasteiger partial charge in [-0.25, -0.2) is 0 Å². The number of hydrogen-bond acceptors (Lipinski definition) is 4. The van der Waals surface area contributed by atoms with Crippen molar-refractivity contribution in [2.45, 2.75) is 33.0 Å². The lowest BCUT2D eigenvalue weighted by molar-refractivity contribution is -0.201. The number of hydrogen-bond donors (Lipinski definition) is 1. The Labute approximate surface area is 91.5 Å². The highest BCUT2D eigenvalue weighted by molar-refractivity contribution is 4.60. The highest BCUT2D eigenvalue weighted by Gasteiger charge is 2.19. The van der Waals surface area contributed by atoms with Crippen molar-refractivity contribution in [2.24, 2.45) is 11.8 Å². The number of aliphatic hydroxyl groups excluding tert-OH is 1. The van der Waals surface area contributed by atoms with Gasteiger partial charge in [0.25, 0.3) is 0 Å². The molecule has 4 nitrogen and oxygen atoms in total. The molecule has 1 aliphatic heterocycles. The van der Waals surface area contributed by atoms with E-state index in [0.717, 1.165) is 26.1 Å². The first-order valence-electron chi connectivity index (χ1n) is 5.64. The SMILES string of the molecule is CC(CCC1OCC(C)CO1)COCO. The number of ether oxygens (including phenoxy) is 3. The molecule has 0 bridgehead atoms. The summed E-state index contributed by atoms with van der Waals surface area (Å²) in [7, 11) is 0. The zero-order valence-electron chi connectivity index (χ0n) is 9.65. The van der Waals surface area contributed by atoms with Crippen LogP contribution in [0.1, 0.15) is 26.7 Å². The van der Waals surface area contributed by atoms with Gasteiger partial charge in [0.15, 0.2) is 6.29 Å². The van der Waals surface area contributed by atoms with Gasteiger partial charge in [0.05, 0.1) is 19.8 Å². The summed E-state index contributed by atoms with van der Waals surface area (Å²) < 4.78 is 16.0. The summed E-state index contributed by atoms with van der Waals surface area (Å²) in [5, 5.41) is 8.49. The van der Waals surface area contributed by atoms with Crippen LogP contribution in [-0.2, 0) is 14.2 Å². The molecule has 1 atom stereocenters. The van der Waals surface area contributed by atoms with Gasteiger partial charge in [-0.1, -0.05) is 13.8 Å². The maximum Gasteiger partial charge on any atom is 0.157 e. The highest BCUT2D eigenvalue weighted by Crippen LogP contribution is 2.17. The van der Waals surface area contributed by atoms with Crippen LogP contribution in [0.25, 0.3) is 0 Å². The third kappa shape index (κ3) is 5.47. The second-order valence-corrected chi connectivity index (χ2v) is 4.38. The van der Waals surface area contributed by atoms with Gasteiger partial charge in [-0.3, -0.25) is 0 Å². The lowest BCUT2D eigenvalue weighted by Crippen LogP contribution is -2.30. The summed E-state index contributed by atoms with van der Waals surface area (Å²) in [5.41, 5.74) is 0. The Morgan fingerprint density at radius 1 is 1.40 bits per heavy atom. The molecule has 0 aromatic heterocycles. The lowest BCUT2D eigenvalue weighted by Gasteiger charge is -2.28. The van der Waals surface area contributed by atoms with Gasteiger partial charge in [-0.2, -0.15) is 0 Å². The van der Waals surface area contributed by atoms with E-state index in [-0.39, 0.29) is 13.1 Å². The molecule has 0 spiro atoms. The highest BCUT2D eigenvalue weighted by atomic mass is 16.7. The molecule has 1 rings (SSSR count). The fourth-order valence-electron chi connectivity index (χ4n) is 1.56. The Morgan fingerprint density at radius 2 is 2.07 bits per heavy atom. The first kappa shape index (κ1) is 12.9. The summed E-state index contributed by atoms with van der Waals surface area (Å²) in [6, 6.07) is 0. The molecular weight excluding hydrogens is 196 g/mol. The van der Waals surface area contributed by atoms with Crippen LogP contribution < -0.4 is 0 Å². The predicted octanol–water partition coefficient (Wildman–Crippen LogP) is 1.38. The fraction of sp³-hybridized carbons (Fsp3) is 1.00.